The summed E-state index contributed by atoms with van der Waals surface area (Å²) in [5, 5.41) is 0.678. The van der Waals surface area contributed by atoms with E-state index in [4.69, 9.17) is 0 Å². The number of hydrogen-bond acceptors (Lipinski definition) is 1. The first-order valence-corrected chi connectivity index (χ1v) is 4.90. The first kappa shape index (κ1) is 10.4. The van der Waals surface area contributed by atoms with E-state index in [2.05, 4.69) is 20.9 Å². The van der Waals surface area contributed by atoms with Gasteiger partial charge in [-0.2, -0.15) is 13.2 Å². The van der Waals surface area contributed by atoms with Crippen molar-refractivity contribution < 1.29 is 13.2 Å². The van der Waals surface area contributed by atoms with Gasteiger partial charge in [0.25, 0.3) is 0 Å². The Morgan fingerprint density at radius 3 is 2.53 bits per heavy atom. The summed E-state index contributed by atoms with van der Waals surface area (Å²) in [6.07, 6.45) is -2.89. The third kappa shape index (κ3) is 1.84. The van der Waals surface area contributed by atoms with E-state index in [1.165, 1.54) is 12.3 Å². The molecule has 0 amide bonds. The summed E-state index contributed by atoms with van der Waals surface area (Å²) < 4.78 is 37.6. The van der Waals surface area contributed by atoms with E-state index in [-0.39, 0.29) is 4.47 Å². The minimum absolute atomic E-state index is 0.00639. The predicted molar refractivity (Wildman–Crippen MR) is 54.4 cm³/mol. The summed E-state index contributed by atoms with van der Waals surface area (Å²) in [4.78, 5) is 3.91. The molecule has 0 aliphatic rings. The third-order valence-electron chi connectivity index (χ3n) is 2.02. The first-order valence-electron chi connectivity index (χ1n) is 4.10. The van der Waals surface area contributed by atoms with Gasteiger partial charge in [0.2, 0.25) is 0 Å². The lowest BCUT2D eigenvalue weighted by molar-refractivity contribution is -0.138. The second-order valence-corrected chi connectivity index (χ2v) is 3.79. The maximum Gasteiger partial charge on any atom is 0.417 e. The molecule has 0 bridgehead atoms. The van der Waals surface area contributed by atoms with Gasteiger partial charge in [-0.3, -0.25) is 4.98 Å². The highest BCUT2D eigenvalue weighted by molar-refractivity contribution is 9.10. The van der Waals surface area contributed by atoms with Crippen molar-refractivity contribution in [3.63, 3.8) is 0 Å². The molecule has 0 aliphatic heterocycles. The van der Waals surface area contributed by atoms with Crippen molar-refractivity contribution >= 4 is 26.8 Å². The Labute approximate surface area is 92.1 Å². The number of aromatic nitrogens is 1. The lowest BCUT2D eigenvalue weighted by Crippen LogP contribution is -2.06. The van der Waals surface area contributed by atoms with Gasteiger partial charge in [0.05, 0.1) is 15.6 Å². The average Bonchev–Trinajstić information content (AvgIpc) is 2.16. The second-order valence-electron chi connectivity index (χ2n) is 3.00. The van der Waals surface area contributed by atoms with Gasteiger partial charge in [0.15, 0.2) is 0 Å². The minimum Gasteiger partial charge on any atom is -0.255 e. The van der Waals surface area contributed by atoms with Gasteiger partial charge in [0, 0.05) is 11.6 Å². The molecule has 15 heavy (non-hydrogen) atoms. The Kier molecular flexibility index (Phi) is 2.42. The van der Waals surface area contributed by atoms with Gasteiger partial charge in [-0.1, -0.05) is 12.1 Å². The van der Waals surface area contributed by atoms with Crippen molar-refractivity contribution in [2.75, 3.05) is 0 Å². The molecule has 0 N–H and O–H groups in total. The summed E-state index contributed by atoms with van der Waals surface area (Å²) >= 11 is 2.94. The second kappa shape index (κ2) is 3.48. The fourth-order valence-corrected chi connectivity index (χ4v) is 2.02. The maximum atomic E-state index is 12.5. The third-order valence-corrected chi connectivity index (χ3v) is 2.82. The van der Waals surface area contributed by atoms with E-state index in [9.17, 15) is 13.2 Å². The molecule has 1 nitrogen and oxygen atoms in total. The van der Waals surface area contributed by atoms with Crippen LogP contribution < -0.4 is 0 Å². The van der Waals surface area contributed by atoms with Crippen LogP contribution in [0.3, 0.4) is 0 Å². The Hall–Kier alpha value is -1.10. The zero-order valence-corrected chi connectivity index (χ0v) is 8.93. The Morgan fingerprint density at radius 2 is 1.87 bits per heavy atom. The van der Waals surface area contributed by atoms with E-state index in [1.807, 2.05) is 0 Å². The summed E-state index contributed by atoms with van der Waals surface area (Å²) in [6, 6.07) is 5.86. The molecule has 2 aromatic rings. The molecule has 0 unspecified atom stereocenters. The zero-order chi connectivity index (χ0) is 11.1. The standard InChI is InChI=1S/C10H5BrF3N/c11-8-7(10(12,13)14)4-3-6-2-1-5-15-9(6)8/h1-5H. The summed E-state index contributed by atoms with van der Waals surface area (Å²) in [5.74, 6) is 0. The molecule has 1 aromatic carbocycles. The molecule has 5 heteroatoms. The summed E-state index contributed by atoms with van der Waals surface area (Å²) in [7, 11) is 0. The predicted octanol–water partition coefficient (Wildman–Crippen LogP) is 4.02. The van der Waals surface area contributed by atoms with E-state index in [0.29, 0.717) is 10.9 Å². The molecule has 78 valence electrons. The molecule has 1 aromatic heterocycles. The SMILES string of the molecule is FC(F)(F)c1ccc2cccnc2c1Br. The van der Waals surface area contributed by atoms with E-state index >= 15 is 0 Å². The zero-order valence-electron chi connectivity index (χ0n) is 7.35. The van der Waals surface area contributed by atoms with Gasteiger partial charge in [-0.15, -0.1) is 0 Å². The molecule has 0 saturated carbocycles. The van der Waals surface area contributed by atoms with Crippen LogP contribution in [-0.2, 0) is 6.18 Å². The van der Waals surface area contributed by atoms with Crippen LogP contribution in [-0.4, -0.2) is 4.98 Å². The molecular weight excluding hydrogens is 271 g/mol. The normalized spacial score (nSPS) is 12.0. The van der Waals surface area contributed by atoms with E-state index < -0.39 is 11.7 Å². The van der Waals surface area contributed by atoms with Crippen molar-refractivity contribution in [3.05, 3.63) is 40.5 Å². The molecular formula is C10H5BrF3N. The van der Waals surface area contributed by atoms with E-state index in [0.717, 1.165) is 6.07 Å². The lowest BCUT2D eigenvalue weighted by Gasteiger charge is -2.10. The van der Waals surface area contributed by atoms with Crippen molar-refractivity contribution in [1.29, 1.82) is 0 Å². The molecule has 1 heterocycles. The van der Waals surface area contributed by atoms with E-state index in [1.54, 1.807) is 12.1 Å². The highest BCUT2D eigenvalue weighted by atomic mass is 79.9. The Bertz CT molecular complexity index is 507. The van der Waals surface area contributed by atoms with Crippen molar-refractivity contribution in [2.24, 2.45) is 0 Å². The van der Waals surface area contributed by atoms with Crippen LogP contribution >= 0.6 is 15.9 Å². The van der Waals surface area contributed by atoms with Gasteiger partial charge < -0.3 is 0 Å². The van der Waals surface area contributed by atoms with Gasteiger partial charge >= 0.3 is 6.18 Å². The van der Waals surface area contributed by atoms with Crippen LogP contribution in [0.2, 0.25) is 0 Å². The highest BCUT2D eigenvalue weighted by Crippen LogP contribution is 2.37. The fourth-order valence-electron chi connectivity index (χ4n) is 1.33. The molecule has 2 rings (SSSR count). The number of fused-ring (bicyclic) bond motifs is 1. The van der Waals surface area contributed by atoms with Crippen molar-refractivity contribution in [3.8, 4) is 0 Å². The number of benzene rings is 1. The number of pyridine rings is 1. The monoisotopic (exact) mass is 275 g/mol. The molecule has 0 atom stereocenters. The van der Waals surface area contributed by atoms with Crippen LogP contribution in [0.25, 0.3) is 10.9 Å². The quantitative estimate of drug-likeness (QED) is 0.708. The van der Waals surface area contributed by atoms with Crippen LogP contribution in [0.5, 0.6) is 0 Å². The molecule has 0 fully saturated rings. The van der Waals surface area contributed by atoms with Gasteiger partial charge in [0.1, 0.15) is 0 Å². The number of rotatable bonds is 0. The van der Waals surface area contributed by atoms with Crippen LogP contribution in [0.1, 0.15) is 5.56 Å². The maximum absolute atomic E-state index is 12.5. The van der Waals surface area contributed by atoms with Crippen LogP contribution in [0, 0.1) is 0 Å². The fraction of sp³-hybridized carbons (Fsp3) is 0.100. The summed E-state index contributed by atoms with van der Waals surface area (Å²) in [6.45, 7) is 0. The first-order chi connectivity index (χ1) is 7.00. The number of nitrogens with zero attached hydrogens (tertiary/aromatic N) is 1. The van der Waals surface area contributed by atoms with Crippen LogP contribution in [0.4, 0.5) is 13.2 Å². The van der Waals surface area contributed by atoms with Crippen molar-refractivity contribution in [1.82, 2.24) is 4.98 Å². The minimum atomic E-state index is -4.36. The lowest BCUT2D eigenvalue weighted by atomic mass is 10.1. The topological polar surface area (TPSA) is 12.9 Å². The number of hydrogen-bond donors (Lipinski definition) is 0. The van der Waals surface area contributed by atoms with Crippen LogP contribution in [0.15, 0.2) is 34.9 Å². The summed E-state index contributed by atoms with van der Waals surface area (Å²) in [5.41, 5.74) is -0.374. The van der Waals surface area contributed by atoms with Gasteiger partial charge in [-0.05, 0) is 28.1 Å². The molecule has 0 radical (unpaired) electrons. The van der Waals surface area contributed by atoms with Crippen molar-refractivity contribution in [2.45, 2.75) is 6.18 Å². The smallest absolute Gasteiger partial charge is 0.255 e. The highest BCUT2D eigenvalue weighted by Gasteiger charge is 2.33. The Morgan fingerprint density at radius 1 is 1.13 bits per heavy atom. The van der Waals surface area contributed by atoms with Gasteiger partial charge in [-0.25, -0.2) is 0 Å². The largest absolute Gasteiger partial charge is 0.417 e. The number of halogens is 4. The molecule has 0 aliphatic carbocycles. The molecule has 0 saturated heterocycles. The average molecular weight is 276 g/mol. The Balaban J connectivity index is 2.76. The molecule has 0 spiro atoms. The number of alkyl halides is 3.